The predicted molar refractivity (Wildman–Crippen MR) is 84.1 cm³/mol. The van der Waals surface area contributed by atoms with E-state index in [-0.39, 0.29) is 12.5 Å². The maximum Gasteiger partial charge on any atom is 0.240 e. The van der Waals surface area contributed by atoms with Crippen LogP contribution in [0.4, 0.5) is 5.69 Å². The van der Waals surface area contributed by atoms with E-state index in [4.69, 9.17) is 10.2 Å². The number of nitrogens with two attached hydrogens (primary N) is 1. The van der Waals surface area contributed by atoms with Crippen LogP contribution < -0.4 is 11.1 Å². The minimum Gasteiger partial charge on any atom is -0.467 e. The van der Waals surface area contributed by atoms with Crippen molar-refractivity contribution in [2.24, 2.45) is 0 Å². The molecular weight excluding hydrogens is 280 g/mol. The number of anilines is 1. The minimum absolute atomic E-state index is 0.0900. The summed E-state index contributed by atoms with van der Waals surface area (Å²) in [6.45, 7) is 2.60. The molecule has 3 aromatic rings. The number of hydrogen-bond acceptors (Lipinski definition) is 4. The van der Waals surface area contributed by atoms with Crippen molar-refractivity contribution >= 4 is 22.6 Å². The summed E-state index contributed by atoms with van der Waals surface area (Å²) >= 11 is 0. The van der Waals surface area contributed by atoms with Crippen LogP contribution in [0.15, 0.2) is 41.0 Å². The number of benzene rings is 1. The van der Waals surface area contributed by atoms with Gasteiger partial charge in [0.25, 0.3) is 0 Å². The first-order chi connectivity index (χ1) is 10.7. The molecule has 0 radical (unpaired) electrons. The number of nitrogens with zero attached hydrogens (tertiary/aromatic N) is 2. The normalized spacial score (nSPS) is 11.0. The van der Waals surface area contributed by atoms with Crippen LogP contribution in [-0.4, -0.2) is 15.5 Å². The van der Waals surface area contributed by atoms with E-state index in [1.165, 1.54) is 0 Å². The van der Waals surface area contributed by atoms with Gasteiger partial charge >= 0.3 is 0 Å². The van der Waals surface area contributed by atoms with E-state index < -0.39 is 0 Å². The molecule has 3 rings (SSSR count). The van der Waals surface area contributed by atoms with Crippen LogP contribution in [-0.2, 0) is 24.3 Å². The van der Waals surface area contributed by atoms with Crippen LogP contribution in [0, 0.1) is 0 Å². The predicted octanol–water partition coefficient (Wildman–Crippen LogP) is 2.09. The standard InChI is InChI=1S/C16H18N4O2/c1-2-14-19-16-12(17)6-3-7-13(16)20(14)10-15(21)18-9-11-5-4-8-22-11/h3-8H,2,9-10,17H2,1H3,(H,18,21). The molecule has 0 aliphatic carbocycles. The fourth-order valence-electron chi connectivity index (χ4n) is 2.46. The number of aryl methyl sites for hydroxylation is 1. The van der Waals surface area contributed by atoms with Gasteiger partial charge in [0.2, 0.25) is 5.91 Å². The molecule has 0 aliphatic rings. The molecule has 0 bridgehead atoms. The number of para-hydroxylation sites is 1. The molecule has 0 aliphatic heterocycles. The molecule has 0 spiro atoms. The molecule has 0 saturated heterocycles. The molecule has 114 valence electrons. The quantitative estimate of drug-likeness (QED) is 0.706. The lowest BCUT2D eigenvalue weighted by atomic mass is 10.2. The Morgan fingerprint density at radius 1 is 1.36 bits per heavy atom. The fraction of sp³-hybridized carbons (Fsp3) is 0.250. The molecule has 1 amide bonds. The van der Waals surface area contributed by atoms with Crippen molar-refractivity contribution in [3.63, 3.8) is 0 Å². The van der Waals surface area contributed by atoms with Gasteiger partial charge in [-0.25, -0.2) is 4.98 Å². The number of nitrogens with one attached hydrogen (secondary N) is 1. The summed E-state index contributed by atoms with van der Waals surface area (Å²) in [7, 11) is 0. The molecule has 0 fully saturated rings. The summed E-state index contributed by atoms with van der Waals surface area (Å²) < 4.78 is 7.11. The van der Waals surface area contributed by atoms with E-state index >= 15 is 0 Å². The van der Waals surface area contributed by atoms with Crippen LogP contribution >= 0.6 is 0 Å². The highest BCUT2D eigenvalue weighted by Gasteiger charge is 2.14. The van der Waals surface area contributed by atoms with Crippen LogP contribution in [0.2, 0.25) is 0 Å². The summed E-state index contributed by atoms with van der Waals surface area (Å²) in [6.07, 6.45) is 2.32. The number of carbonyl (C=O) groups excluding carboxylic acids is 1. The average Bonchev–Trinajstić information content (AvgIpc) is 3.14. The Bertz CT molecular complexity index is 790. The molecule has 2 aromatic heterocycles. The third-order valence-corrected chi connectivity index (χ3v) is 3.55. The van der Waals surface area contributed by atoms with Crippen molar-refractivity contribution in [1.29, 1.82) is 0 Å². The van der Waals surface area contributed by atoms with Gasteiger partial charge in [0.05, 0.1) is 24.0 Å². The summed E-state index contributed by atoms with van der Waals surface area (Å²) in [5, 5.41) is 2.84. The molecule has 0 atom stereocenters. The Morgan fingerprint density at radius 3 is 2.95 bits per heavy atom. The van der Waals surface area contributed by atoms with Gasteiger partial charge in [-0.3, -0.25) is 4.79 Å². The van der Waals surface area contributed by atoms with Gasteiger partial charge in [0.15, 0.2) is 0 Å². The second-order valence-corrected chi connectivity index (χ2v) is 5.04. The Morgan fingerprint density at radius 2 is 2.23 bits per heavy atom. The second-order valence-electron chi connectivity index (χ2n) is 5.04. The molecule has 22 heavy (non-hydrogen) atoms. The van der Waals surface area contributed by atoms with Gasteiger partial charge < -0.3 is 20.0 Å². The van der Waals surface area contributed by atoms with Crippen molar-refractivity contribution in [2.45, 2.75) is 26.4 Å². The zero-order valence-corrected chi connectivity index (χ0v) is 12.4. The fourth-order valence-corrected chi connectivity index (χ4v) is 2.46. The summed E-state index contributed by atoms with van der Waals surface area (Å²) in [5.41, 5.74) is 8.21. The number of furan rings is 1. The van der Waals surface area contributed by atoms with E-state index in [1.807, 2.05) is 35.8 Å². The summed E-state index contributed by atoms with van der Waals surface area (Å²) in [5.74, 6) is 1.48. The topological polar surface area (TPSA) is 86.1 Å². The van der Waals surface area contributed by atoms with Gasteiger partial charge in [-0.15, -0.1) is 0 Å². The Labute approximate surface area is 127 Å². The maximum absolute atomic E-state index is 12.2. The van der Waals surface area contributed by atoms with Gasteiger partial charge in [0, 0.05) is 6.42 Å². The number of rotatable bonds is 5. The number of carbonyl (C=O) groups is 1. The first-order valence-electron chi connectivity index (χ1n) is 7.21. The van der Waals surface area contributed by atoms with Gasteiger partial charge in [-0.05, 0) is 24.3 Å². The molecule has 6 heteroatoms. The first kappa shape index (κ1) is 14.2. The Kier molecular flexibility index (Phi) is 3.82. The Hall–Kier alpha value is -2.76. The molecule has 6 nitrogen and oxygen atoms in total. The highest BCUT2D eigenvalue weighted by molar-refractivity contribution is 5.89. The van der Waals surface area contributed by atoms with Crippen molar-refractivity contribution in [2.75, 3.05) is 5.73 Å². The number of nitrogen functional groups attached to an aromatic ring is 1. The van der Waals surface area contributed by atoms with E-state index in [2.05, 4.69) is 10.3 Å². The summed E-state index contributed by atoms with van der Waals surface area (Å²) in [6, 6.07) is 9.23. The van der Waals surface area contributed by atoms with Crippen molar-refractivity contribution in [1.82, 2.24) is 14.9 Å². The number of amides is 1. The van der Waals surface area contributed by atoms with E-state index in [9.17, 15) is 4.79 Å². The zero-order chi connectivity index (χ0) is 15.5. The van der Waals surface area contributed by atoms with Crippen molar-refractivity contribution in [3.05, 3.63) is 48.2 Å². The van der Waals surface area contributed by atoms with Gasteiger partial charge in [0.1, 0.15) is 23.6 Å². The molecule has 3 N–H and O–H groups in total. The van der Waals surface area contributed by atoms with E-state index in [1.54, 1.807) is 12.3 Å². The number of hydrogen-bond donors (Lipinski definition) is 2. The van der Waals surface area contributed by atoms with Crippen LogP contribution in [0.1, 0.15) is 18.5 Å². The lowest BCUT2D eigenvalue weighted by Gasteiger charge is -2.08. The smallest absolute Gasteiger partial charge is 0.240 e. The second kappa shape index (κ2) is 5.93. The largest absolute Gasteiger partial charge is 0.467 e. The van der Waals surface area contributed by atoms with E-state index in [0.717, 1.165) is 29.0 Å². The number of fused-ring (bicyclic) bond motifs is 1. The van der Waals surface area contributed by atoms with E-state index in [0.29, 0.717) is 12.2 Å². The first-order valence-corrected chi connectivity index (χ1v) is 7.21. The lowest BCUT2D eigenvalue weighted by Crippen LogP contribution is -2.27. The molecule has 0 saturated carbocycles. The molecule has 0 unspecified atom stereocenters. The molecular formula is C16H18N4O2. The highest BCUT2D eigenvalue weighted by atomic mass is 16.3. The van der Waals surface area contributed by atoms with Crippen molar-refractivity contribution in [3.8, 4) is 0 Å². The monoisotopic (exact) mass is 298 g/mol. The third kappa shape index (κ3) is 2.67. The van der Waals surface area contributed by atoms with Crippen molar-refractivity contribution < 1.29 is 9.21 Å². The highest BCUT2D eigenvalue weighted by Crippen LogP contribution is 2.22. The SMILES string of the molecule is CCc1nc2c(N)cccc2n1CC(=O)NCc1ccco1. The van der Waals surface area contributed by atoms with Gasteiger partial charge in [-0.1, -0.05) is 13.0 Å². The minimum atomic E-state index is -0.0900. The number of aromatic nitrogens is 2. The maximum atomic E-state index is 12.2. The molecule has 1 aromatic carbocycles. The molecule has 2 heterocycles. The number of imidazole rings is 1. The lowest BCUT2D eigenvalue weighted by molar-refractivity contribution is -0.121. The van der Waals surface area contributed by atoms with Crippen LogP contribution in [0.3, 0.4) is 0 Å². The van der Waals surface area contributed by atoms with Crippen LogP contribution in [0.25, 0.3) is 11.0 Å². The van der Waals surface area contributed by atoms with Gasteiger partial charge in [-0.2, -0.15) is 0 Å². The Balaban J connectivity index is 1.80. The zero-order valence-electron chi connectivity index (χ0n) is 12.4. The third-order valence-electron chi connectivity index (χ3n) is 3.55. The van der Waals surface area contributed by atoms with Crippen LogP contribution in [0.5, 0.6) is 0 Å². The average molecular weight is 298 g/mol. The summed E-state index contributed by atoms with van der Waals surface area (Å²) in [4.78, 5) is 16.7.